The number of nitrogens with one attached hydrogen (secondary N) is 1. The Balaban J connectivity index is 1.82. The van der Waals surface area contributed by atoms with E-state index >= 15 is 0 Å². The maximum absolute atomic E-state index is 11.8. The zero-order valence-corrected chi connectivity index (χ0v) is 13.0. The molecule has 1 saturated heterocycles. The summed E-state index contributed by atoms with van der Waals surface area (Å²) >= 11 is 0. The molecule has 0 aliphatic carbocycles. The van der Waals surface area contributed by atoms with Gasteiger partial charge in [-0.05, 0) is 31.4 Å². The Kier molecular flexibility index (Phi) is 4.65. The summed E-state index contributed by atoms with van der Waals surface area (Å²) in [5.41, 5.74) is 1.08. The van der Waals surface area contributed by atoms with Gasteiger partial charge in [0.25, 0.3) is 0 Å². The summed E-state index contributed by atoms with van der Waals surface area (Å²) in [6.45, 7) is 1.90. The topological polar surface area (TPSA) is 80.2 Å². The van der Waals surface area contributed by atoms with Crippen LogP contribution in [0.1, 0.15) is 29.6 Å². The van der Waals surface area contributed by atoms with Gasteiger partial charge < -0.3 is 15.0 Å². The van der Waals surface area contributed by atoms with Gasteiger partial charge >= 0.3 is 5.97 Å². The van der Waals surface area contributed by atoms with Gasteiger partial charge in [0.2, 0.25) is 5.95 Å². The molecule has 1 aliphatic heterocycles. The zero-order valence-electron chi connectivity index (χ0n) is 13.0. The van der Waals surface area contributed by atoms with Crippen LogP contribution in [0, 0.1) is 0 Å². The van der Waals surface area contributed by atoms with Gasteiger partial charge in [-0.25, -0.2) is 4.79 Å². The Bertz CT molecular complexity index is 686. The van der Waals surface area contributed by atoms with Crippen molar-refractivity contribution < 1.29 is 9.53 Å². The van der Waals surface area contributed by atoms with E-state index in [9.17, 15) is 4.79 Å². The van der Waals surface area contributed by atoms with Crippen molar-refractivity contribution in [2.75, 3.05) is 30.4 Å². The number of rotatable bonds is 4. The SMILES string of the molecule is COC(=O)c1ccccc1Nc1cnnc(N2CCCCC2)n1. The Morgan fingerprint density at radius 2 is 2.00 bits per heavy atom. The number of carbonyl (C=O) groups excluding carboxylic acids is 1. The van der Waals surface area contributed by atoms with Gasteiger partial charge in [0.1, 0.15) is 0 Å². The Morgan fingerprint density at radius 1 is 1.22 bits per heavy atom. The average molecular weight is 313 g/mol. The fraction of sp³-hybridized carbons (Fsp3) is 0.375. The second-order valence-corrected chi connectivity index (χ2v) is 5.35. The maximum Gasteiger partial charge on any atom is 0.339 e. The van der Waals surface area contributed by atoms with Gasteiger partial charge in [-0.1, -0.05) is 12.1 Å². The molecule has 1 aliphatic rings. The lowest BCUT2D eigenvalue weighted by molar-refractivity contribution is 0.0602. The van der Waals surface area contributed by atoms with Crippen LogP contribution in [0.15, 0.2) is 30.5 Å². The molecule has 3 rings (SSSR count). The molecule has 1 fully saturated rings. The number of para-hydroxylation sites is 1. The minimum absolute atomic E-state index is 0.397. The summed E-state index contributed by atoms with van der Waals surface area (Å²) in [5, 5.41) is 11.3. The predicted octanol–water partition coefficient (Wildman–Crippen LogP) is 2.39. The lowest BCUT2D eigenvalue weighted by atomic mass is 10.1. The van der Waals surface area contributed by atoms with E-state index in [1.165, 1.54) is 13.5 Å². The van der Waals surface area contributed by atoms with Crippen molar-refractivity contribution in [3.8, 4) is 0 Å². The third-order valence-electron chi connectivity index (χ3n) is 3.78. The van der Waals surface area contributed by atoms with Crippen molar-refractivity contribution >= 4 is 23.4 Å². The van der Waals surface area contributed by atoms with E-state index in [4.69, 9.17) is 4.74 Å². The first-order valence-electron chi connectivity index (χ1n) is 7.67. The molecule has 0 amide bonds. The van der Waals surface area contributed by atoms with Crippen molar-refractivity contribution in [2.24, 2.45) is 0 Å². The van der Waals surface area contributed by atoms with Crippen LogP contribution >= 0.6 is 0 Å². The van der Waals surface area contributed by atoms with Crippen LogP contribution in [-0.4, -0.2) is 41.3 Å². The molecule has 1 N–H and O–H groups in total. The lowest BCUT2D eigenvalue weighted by Gasteiger charge is -2.26. The van der Waals surface area contributed by atoms with Gasteiger partial charge in [-0.3, -0.25) is 0 Å². The number of anilines is 3. The van der Waals surface area contributed by atoms with Crippen molar-refractivity contribution in [1.29, 1.82) is 0 Å². The third kappa shape index (κ3) is 3.56. The van der Waals surface area contributed by atoms with E-state index in [0.717, 1.165) is 25.9 Å². The minimum Gasteiger partial charge on any atom is -0.465 e. The largest absolute Gasteiger partial charge is 0.465 e. The second-order valence-electron chi connectivity index (χ2n) is 5.35. The molecule has 0 atom stereocenters. The second kappa shape index (κ2) is 7.04. The van der Waals surface area contributed by atoms with E-state index in [2.05, 4.69) is 25.4 Å². The Labute approximate surface area is 134 Å². The van der Waals surface area contributed by atoms with E-state index in [1.54, 1.807) is 24.4 Å². The number of aromatic nitrogens is 3. The predicted molar refractivity (Wildman–Crippen MR) is 87.0 cm³/mol. The molecular weight excluding hydrogens is 294 g/mol. The van der Waals surface area contributed by atoms with Gasteiger partial charge in [0, 0.05) is 13.1 Å². The maximum atomic E-state index is 11.8. The first-order valence-corrected chi connectivity index (χ1v) is 7.67. The van der Waals surface area contributed by atoms with Gasteiger partial charge in [0.05, 0.1) is 24.6 Å². The summed E-state index contributed by atoms with van der Waals surface area (Å²) in [6, 6.07) is 7.13. The van der Waals surface area contributed by atoms with Gasteiger partial charge in [-0.2, -0.15) is 10.1 Å². The zero-order chi connectivity index (χ0) is 16.1. The van der Waals surface area contributed by atoms with Crippen LogP contribution in [0.25, 0.3) is 0 Å². The lowest BCUT2D eigenvalue weighted by Crippen LogP contribution is -2.31. The number of piperidine rings is 1. The van der Waals surface area contributed by atoms with Crippen molar-refractivity contribution in [1.82, 2.24) is 15.2 Å². The van der Waals surface area contributed by atoms with E-state index in [1.807, 2.05) is 6.07 Å². The van der Waals surface area contributed by atoms with Crippen LogP contribution in [0.2, 0.25) is 0 Å². The standard InChI is InChI=1S/C16H19N5O2/c1-23-15(22)12-7-3-4-8-13(12)18-14-11-17-20-16(19-14)21-9-5-2-6-10-21/h3-4,7-8,11H,2,5-6,9-10H2,1H3,(H,18,19,20). The molecule has 1 aromatic heterocycles. The van der Waals surface area contributed by atoms with Crippen LogP contribution in [0.4, 0.5) is 17.5 Å². The van der Waals surface area contributed by atoms with Crippen molar-refractivity contribution in [3.05, 3.63) is 36.0 Å². The number of hydrogen-bond acceptors (Lipinski definition) is 7. The summed E-state index contributed by atoms with van der Waals surface area (Å²) in [5.74, 6) is 0.772. The summed E-state index contributed by atoms with van der Waals surface area (Å²) in [7, 11) is 1.36. The van der Waals surface area contributed by atoms with E-state index in [-0.39, 0.29) is 0 Å². The monoisotopic (exact) mass is 313 g/mol. The molecule has 0 radical (unpaired) electrons. The molecular formula is C16H19N5O2. The first kappa shape index (κ1) is 15.2. The normalized spacial score (nSPS) is 14.4. The smallest absolute Gasteiger partial charge is 0.339 e. The number of ether oxygens (including phenoxy) is 1. The minimum atomic E-state index is -0.397. The Hall–Kier alpha value is -2.70. The molecule has 2 heterocycles. The van der Waals surface area contributed by atoms with Crippen molar-refractivity contribution in [3.63, 3.8) is 0 Å². The number of hydrogen-bond donors (Lipinski definition) is 1. The molecule has 1 aromatic carbocycles. The molecule has 0 saturated carbocycles. The molecule has 0 spiro atoms. The average Bonchev–Trinajstić information content (AvgIpc) is 2.62. The quantitative estimate of drug-likeness (QED) is 0.868. The third-order valence-corrected chi connectivity index (χ3v) is 3.78. The highest BCUT2D eigenvalue weighted by molar-refractivity contribution is 5.96. The molecule has 7 nitrogen and oxygen atoms in total. The summed E-state index contributed by atoms with van der Waals surface area (Å²) < 4.78 is 4.80. The molecule has 120 valence electrons. The Morgan fingerprint density at radius 3 is 2.78 bits per heavy atom. The molecule has 0 unspecified atom stereocenters. The van der Waals surface area contributed by atoms with Crippen LogP contribution in [0.3, 0.4) is 0 Å². The van der Waals surface area contributed by atoms with Crippen LogP contribution < -0.4 is 10.2 Å². The molecule has 23 heavy (non-hydrogen) atoms. The highest BCUT2D eigenvalue weighted by Gasteiger charge is 2.15. The van der Waals surface area contributed by atoms with Gasteiger partial charge in [0.15, 0.2) is 5.82 Å². The van der Waals surface area contributed by atoms with Crippen molar-refractivity contribution in [2.45, 2.75) is 19.3 Å². The van der Waals surface area contributed by atoms with Gasteiger partial charge in [-0.15, -0.1) is 5.10 Å². The summed E-state index contributed by atoms with van der Waals surface area (Å²) in [4.78, 5) is 18.5. The molecule has 0 bridgehead atoms. The number of carbonyl (C=O) groups is 1. The van der Waals surface area contributed by atoms with E-state index < -0.39 is 5.97 Å². The van der Waals surface area contributed by atoms with Crippen LogP contribution in [-0.2, 0) is 4.74 Å². The number of methoxy groups -OCH3 is 1. The number of nitrogens with zero attached hydrogens (tertiary/aromatic N) is 4. The fourth-order valence-electron chi connectivity index (χ4n) is 2.60. The molecule has 7 heteroatoms. The van der Waals surface area contributed by atoms with Crippen LogP contribution in [0.5, 0.6) is 0 Å². The number of benzene rings is 1. The molecule has 2 aromatic rings. The highest BCUT2D eigenvalue weighted by Crippen LogP contribution is 2.21. The highest BCUT2D eigenvalue weighted by atomic mass is 16.5. The van der Waals surface area contributed by atoms with E-state index in [0.29, 0.717) is 23.0 Å². The first-order chi connectivity index (χ1) is 11.3. The number of esters is 1. The summed E-state index contributed by atoms with van der Waals surface area (Å²) in [6.07, 6.45) is 5.08. The fourth-order valence-corrected chi connectivity index (χ4v) is 2.60.